The first-order valence-electron chi connectivity index (χ1n) is 13.6. The van der Waals surface area contributed by atoms with Gasteiger partial charge in [-0.1, -0.05) is 73.5 Å². The molecule has 0 unspecified atom stereocenters. The highest BCUT2D eigenvalue weighted by Crippen LogP contribution is 2.28. The van der Waals surface area contributed by atoms with Gasteiger partial charge in [0, 0.05) is 13.1 Å². The Morgan fingerprint density at radius 1 is 0.825 bits per heavy atom. The molecule has 8 heteroatoms. The normalized spacial score (nSPS) is 12.2. The number of anilines is 1. The summed E-state index contributed by atoms with van der Waals surface area (Å²) in [5, 5.41) is 2.91. The van der Waals surface area contributed by atoms with Crippen LogP contribution in [0.5, 0.6) is 0 Å². The van der Waals surface area contributed by atoms with E-state index in [-0.39, 0.29) is 23.3 Å². The van der Waals surface area contributed by atoms with E-state index in [1.165, 1.54) is 9.21 Å². The van der Waals surface area contributed by atoms with E-state index in [2.05, 4.69) is 5.32 Å². The van der Waals surface area contributed by atoms with Gasteiger partial charge in [-0.3, -0.25) is 13.9 Å². The molecular weight excluding hydrogens is 522 g/mol. The number of benzene rings is 3. The molecular formula is C32H41N3O4S. The smallest absolute Gasteiger partial charge is 0.264 e. The van der Waals surface area contributed by atoms with Crippen LogP contribution in [0.25, 0.3) is 0 Å². The van der Waals surface area contributed by atoms with E-state index < -0.39 is 28.5 Å². The lowest BCUT2D eigenvalue weighted by molar-refractivity contribution is -0.139. The van der Waals surface area contributed by atoms with Crippen molar-refractivity contribution in [3.05, 3.63) is 94.5 Å². The van der Waals surface area contributed by atoms with Gasteiger partial charge >= 0.3 is 0 Å². The highest BCUT2D eigenvalue weighted by Gasteiger charge is 2.33. The summed E-state index contributed by atoms with van der Waals surface area (Å²) in [4.78, 5) is 28.7. The minimum absolute atomic E-state index is 0.0970. The Morgan fingerprint density at radius 3 is 2.08 bits per heavy atom. The Morgan fingerprint density at radius 2 is 1.45 bits per heavy atom. The number of carbonyl (C=O) groups excluding carboxylic acids is 2. The molecule has 40 heavy (non-hydrogen) atoms. The number of rotatable bonds is 11. The van der Waals surface area contributed by atoms with Crippen LogP contribution >= 0.6 is 0 Å². The summed E-state index contributed by atoms with van der Waals surface area (Å²) in [6.07, 6.45) is 0. The van der Waals surface area contributed by atoms with Gasteiger partial charge in [-0.05, 0) is 75.4 Å². The second-order valence-electron chi connectivity index (χ2n) is 10.9. The monoisotopic (exact) mass is 563 g/mol. The summed E-state index contributed by atoms with van der Waals surface area (Å²) in [5.41, 5.74) is 4.84. The van der Waals surface area contributed by atoms with Gasteiger partial charge in [-0.15, -0.1) is 0 Å². The van der Waals surface area contributed by atoms with Crippen LogP contribution in [-0.4, -0.2) is 44.3 Å². The van der Waals surface area contributed by atoms with Gasteiger partial charge in [0.25, 0.3) is 10.0 Å². The van der Waals surface area contributed by atoms with Crippen molar-refractivity contribution in [1.82, 2.24) is 10.2 Å². The summed E-state index contributed by atoms with van der Waals surface area (Å²) in [7, 11) is -4.10. The quantitative estimate of drug-likeness (QED) is 0.343. The summed E-state index contributed by atoms with van der Waals surface area (Å²) in [5.74, 6) is -0.504. The van der Waals surface area contributed by atoms with E-state index in [0.717, 1.165) is 27.8 Å². The average molecular weight is 564 g/mol. The molecule has 1 atom stereocenters. The number of nitrogens with one attached hydrogen (secondary N) is 1. The summed E-state index contributed by atoms with van der Waals surface area (Å²) < 4.78 is 29.2. The number of aryl methyl sites for hydroxylation is 4. The lowest BCUT2D eigenvalue weighted by atomic mass is 10.1. The molecule has 3 aromatic carbocycles. The van der Waals surface area contributed by atoms with Crippen molar-refractivity contribution in [2.45, 2.75) is 65.9 Å². The van der Waals surface area contributed by atoms with Crippen molar-refractivity contribution >= 4 is 27.5 Å². The minimum atomic E-state index is -4.10. The van der Waals surface area contributed by atoms with Gasteiger partial charge in [0.15, 0.2) is 0 Å². The first-order valence-corrected chi connectivity index (χ1v) is 15.0. The van der Waals surface area contributed by atoms with Crippen LogP contribution in [0.3, 0.4) is 0 Å². The molecule has 0 aliphatic carbocycles. The fraction of sp³-hybridized carbons (Fsp3) is 0.375. The van der Waals surface area contributed by atoms with Crippen molar-refractivity contribution < 1.29 is 18.0 Å². The highest BCUT2D eigenvalue weighted by molar-refractivity contribution is 7.92. The number of sulfonamides is 1. The Kier molecular flexibility index (Phi) is 10.1. The zero-order valence-electron chi connectivity index (χ0n) is 24.6. The van der Waals surface area contributed by atoms with Crippen LogP contribution in [0.15, 0.2) is 71.6 Å². The third-order valence-corrected chi connectivity index (χ3v) is 8.58. The van der Waals surface area contributed by atoms with Crippen LogP contribution in [0.4, 0.5) is 5.69 Å². The molecule has 0 heterocycles. The van der Waals surface area contributed by atoms with Crippen molar-refractivity contribution in [2.75, 3.05) is 17.4 Å². The molecule has 0 aromatic heterocycles. The van der Waals surface area contributed by atoms with E-state index in [1.54, 1.807) is 37.3 Å². The van der Waals surface area contributed by atoms with E-state index in [4.69, 9.17) is 0 Å². The lowest BCUT2D eigenvalue weighted by Gasteiger charge is -2.32. The maximum Gasteiger partial charge on any atom is 0.264 e. The summed E-state index contributed by atoms with van der Waals surface area (Å²) >= 11 is 0. The second-order valence-corrected chi connectivity index (χ2v) is 12.8. The van der Waals surface area contributed by atoms with Crippen LogP contribution in [0.2, 0.25) is 0 Å². The van der Waals surface area contributed by atoms with Gasteiger partial charge in [-0.2, -0.15) is 0 Å². The minimum Gasteiger partial charge on any atom is -0.354 e. The van der Waals surface area contributed by atoms with Gasteiger partial charge in [0.1, 0.15) is 12.6 Å². The fourth-order valence-electron chi connectivity index (χ4n) is 4.38. The van der Waals surface area contributed by atoms with Crippen LogP contribution in [0.1, 0.15) is 48.6 Å². The molecule has 7 nitrogen and oxygen atoms in total. The van der Waals surface area contributed by atoms with E-state index >= 15 is 0 Å². The molecule has 0 radical (unpaired) electrons. The predicted molar refractivity (Wildman–Crippen MR) is 161 cm³/mol. The third-order valence-electron chi connectivity index (χ3n) is 6.81. The average Bonchev–Trinajstić information content (AvgIpc) is 2.90. The third kappa shape index (κ3) is 7.72. The topological polar surface area (TPSA) is 86.8 Å². The Balaban J connectivity index is 2.06. The van der Waals surface area contributed by atoms with E-state index in [9.17, 15) is 18.0 Å². The maximum absolute atomic E-state index is 14.1. The van der Waals surface area contributed by atoms with Gasteiger partial charge in [0.2, 0.25) is 11.8 Å². The largest absolute Gasteiger partial charge is 0.354 e. The zero-order chi connectivity index (χ0) is 29.6. The molecule has 0 fully saturated rings. The van der Waals surface area contributed by atoms with Crippen LogP contribution < -0.4 is 9.62 Å². The van der Waals surface area contributed by atoms with Gasteiger partial charge in [0.05, 0.1) is 10.6 Å². The lowest BCUT2D eigenvalue weighted by Crippen LogP contribution is -2.51. The molecule has 2 amide bonds. The SMILES string of the molecule is Cc1ccc(S(=O)(=O)N(CC(=O)N(Cc2cccc(C)c2)[C@@H](C)C(=O)NCC(C)C)c2cc(C)ccc2C)cc1. The predicted octanol–water partition coefficient (Wildman–Crippen LogP) is 5.31. The van der Waals surface area contributed by atoms with Crippen LogP contribution in [-0.2, 0) is 26.2 Å². The number of nitrogens with zero attached hydrogens (tertiary/aromatic N) is 2. The molecule has 0 bridgehead atoms. The Bertz CT molecular complexity index is 1450. The number of hydrogen-bond acceptors (Lipinski definition) is 4. The molecule has 3 aromatic rings. The van der Waals surface area contributed by atoms with E-state index in [0.29, 0.717) is 12.2 Å². The van der Waals surface area contributed by atoms with Crippen molar-refractivity contribution in [2.24, 2.45) is 5.92 Å². The molecule has 0 aliphatic rings. The molecule has 0 saturated heterocycles. The fourth-order valence-corrected chi connectivity index (χ4v) is 5.85. The summed E-state index contributed by atoms with van der Waals surface area (Å²) in [6, 6.07) is 19.0. The number of hydrogen-bond donors (Lipinski definition) is 1. The molecule has 0 spiro atoms. The van der Waals surface area contributed by atoms with Crippen LogP contribution in [0, 0.1) is 33.6 Å². The van der Waals surface area contributed by atoms with E-state index in [1.807, 2.05) is 77.9 Å². The molecule has 3 rings (SSSR count). The van der Waals surface area contributed by atoms with Crippen molar-refractivity contribution in [3.8, 4) is 0 Å². The standard InChI is InChI=1S/C32H41N3O4S/c1-22(2)19-33-32(37)27(7)34(20-28-10-8-9-24(4)17-28)31(36)21-35(30-18-25(5)11-14-26(30)6)40(38,39)29-15-12-23(3)13-16-29/h8-18,22,27H,19-21H2,1-7H3,(H,33,37)/t27-/m0/s1. The first kappa shape index (κ1) is 30.9. The second kappa shape index (κ2) is 13.1. The maximum atomic E-state index is 14.1. The first-order chi connectivity index (χ1) is 18.8. The highest BCUT2D eigenvalue weighted by atomic mass is 32.2. The summed E-state index contributed by atoms with van der Waals surface area (Å²) in [6.45, 7) is 13.4. The van der Waals surface area contributed by atoms with Gasteiger partial charge < -0.3 is 10.2 Å². The molecule has 1 N–H and O–H groups in total. The number of carbonyl (C=O) groups is 2. The molecule has 0 aliphatic heterocycles. The molecule has 214 valence electrons. The Hall–Kier alpha value is -3.65. The van der Waals surface area contributed by atoms with Crippen molar-refractivity contribution in [3.63, 3.8) is 0 Å². The van der Waals surface area contributed by atoms with Gasteiger partial charge in [-0.25, -0.2) is 8.42 Å². The zero-order valence-corrected chi connectivity index (χ0v) is 25.4. The number of amides is 2. The Labute approximate surface area is 239 Å². The van der Waals surface area contributed by atoms with Crippen molar-refractivity contribution in [1.29, 1.82) is 0 Å². The molecule has 0 saturated carbocycles.